The third-order valence-electron chi connectivity index (χ3n) is 3.97. The topological polar surface area (TPSA) is 135 Å². The van der Waals surface area contributed by atoms with E-state index >= 15 is 0 Å². The number of aromatic hydroxyl groups is 1. The SMILES string of the molecule is CCOC(=O)c1nc(/C=C/c2ccc(O)cc2)nc(NC2CC(C)=NN2)c1N. The number of nitrogens with two attached hydrogens (primary N) is 1. The number of nitrogens with one attached hydrogen (secondary N) is 2. The van der Waals surface area contributed by atoms with Gasteiger partial charge >= 0.3 is 5.97 Å². The number of anilines is 2. The Bertz CT molecular complexity index is 924. The molecule has 146 valence electrons. The lowest BCUT2D eigenvalue weighted by Crippen LogP contribution is -2.30. The van der Waals surface area contributed by atoms with Gasteiger partial charge in [0.2, 0.25) is 0 Å². The van der Waals surface area contributed by atoms with E-state index in [9.17, 15) is 9.90 Å². The van der Waals surface area contributed by atoms with E-state index in [0.29, 0.717) is 18.1 Å². The van der Waals surface area contributed by atoms with Crippen molar-refractivity contribution in [2.24, 2.45) is 5.10 Å². The summed E-state index contributed by atoms with van der Waals surface area (Å²) in [5, 5.41) is 16.6. The van der Waals surface area contributed by atoms with Crippen LogP contribution < -0.4 is 16.5 Å². The molecule has 1 atom stereocenters. The second kappa shape index (κ2) is 8.38. The van der Waals surface area contributed by atoms with Crippen molar-refractivity contribution in [1.82, 2.24) is 15.4 Å². The van der Waals surface area contributed by atoms with Crippen molar-refractivity contribution in [3.8, 4) is 5.75 Å². The maximum atomic E-state index is 12.3. The largest absolute Gasteiger partial charge is 0.508 e. The monoisotopic (exact) mass is 382 g/mol. The molecule has 9 heteroatoms. The number of carbonyl (C=O) groups excluding carboxylic acids is 1. The van der Waals surface area contributed by atoms with Crippen LogP contribution in [0.2, 0.25) is 0 Å². The average molecular weight is 382 g/mol. The normalized spacial score (nSPS) is 15.9. The molecule has 0 bridgehead atoms. The van der Waals surface area contributed by atoms with E-state index in [-0.39, 0.29) is 29.9 Å². The molecule has 1 aromatic heterocycles. The highest BCUT2D eigenvalue weighted by Crippen LogP contribution is 2.23. The van der Waals surface area contributed by atoms with E-state index in [1.54, 1.807) is 43.3 Å². The van der Waals surface area contributed by atoms with Crippen molar-refractivity contribution in [2.75, 3.05) is 17.7 Å². The lowest BCUT2D eigenvalue weighted by molar-refractivity contribution is 0.0520. The number of ether oxygens (including phenoxy) is 1. The molecule has 1 aliphatic rings. The van der Waals surface area contributed by atoms with Gasteiger partial charge in [-0.3, -0.25) is 5.43 Å². The lowest BCUT2D eigenvalue weighted by Gasteiger charge is -2.16. The highest BCUT2D eigenvalue weighted by Gasteiger charge is 2.22. The Balaban J connectivity index is 1.91. The minimum Gasteiger partial charge on any atom is -0.508 e. The quantitative estimate of drug-likeness (QED) is 0.559. The van der Waals surface area contributed by atoms with E-state index in [1.807, 2.05) is 6.92 Å². The van der Waals surface area contributed by atoms with Crippen LogP contribution in [-0.4, -0.2) is 39.5 Å². The van der Waals surface area contributed by atoms with Crippen molar-refractivity contribution >= 4 is 35.3 Å². The van der Waals surface area contributed by atoms with E-state index in [2.05, 4.69) is 25.8 Å². The third kappa shape index (κ3) is 4.56. The molecule has 0 fully saturated rings. The number of hydrogen-bond donors (Lipinski definition) is 4. The molecule has 2 heterocycles. The number of aromatic nitrogens is 2. The number of hydrogen-bond acceptors (Lipinski definition) is 9. The number of esters is 1. The number of phenols is 1. The molecule has 1 aromatic carbocycles. The zero-order valence-electron chi connectivity index (χ0n) is 15.6. The van der Waals surface area contributed by atoms with Crippen LogP contribution in [0, 0.1) is 0 Å². The first-order chi connectivity index (χ1) is 13.5. The van der Waals surface area contributed by atoms with Crippen molar-refractivity contribution < 1.29 is 14.6 Å². The molecule has 0 aliphatic carbocycles. The molecular weight excluding hydrogens is 360 g/mol. The number of rotatable bonds is 6. The summed E-state index contributed by atoms with van der Waals surface area (Å²) in [5.41, 5.74) is 11.0. The lowest BCUT2D eigenvalue weighted by atomic mass is 10.2. The summed E-state index contributed by atoms with van der Waals surface area (Å²) in [7, 11) is 0. The van der Waals surface area contributed by atoms with Gasteiger partial charge in [0.15, 0.2) is 17.3 Å². The van der Waals surface area contributed by atoms with Crippen LogP contribution in [0.25, 0.3) is 12.2 Å². The molecule has 1 aliphatic heterocycles. The van der Waals surface area contributed by atoms with Crippen LogP contribution in [0.3, 0.4) is 0 Å². The second-order valence-electron chi connectivity index (χ2n) is 6.22. The van der Waals surface area contributed by atoms with E-state index in [0.717, 1.165) is 11.3 Å². The van der Waals surface area contributed by atoms with E-state index in [1.165, 1.54) is 0 Å². The maximum absolute atomic E-state index is 12.3. The summed E-state index contributed by atoms with van der Waals surface area (Å²) < 4.78 is 5.05. The van der Waals surface area contributed by atoms with E-state index < -0.39 is 5.97 Å². The molecule has 0 saturated carbocycles. The van der Waals surface area contributed by atoms with Crippen molar-refractivity contribution in [1.29, 1.82) is 0 Å². The van der Waals surface area contributed by atoms with Gasteiger partial charge in [0.05, 0.1) is 6.61 Å². The summed E-state index contributed by atoms with van der Waals surface area (Å²) in [6.07, 6.45) is 3.92. The summed E-state index contributed by atoms with van der Waals surface area (Å²) in [6, 6.07) is 6.65. The summed E-state index contributed by atoms with van der Waals surface area (Å²) in [5.74, 6) is 0.185. The zero-order valence-corrected chi connectivity index (χ0v) is 15.6. The zero-order chi connectivity index (χ0) is 20.1. The molecule has 0 spiro atoms. The van der Waals surface area contributed by atoms with Gasteiger partial charge < -0.3 is 20.9 Å². The third-order valence-corrected chi connectivity index (χ3v) is 3.97. The predicted octanol–water partition coefficient (Wildman–Crippen LogP) is 2.22. The molecule has 0 saturated heterocycles. The molecule has 2 aromatic rings. The Labute approximate surface area is 162 Å². The number of carbonyl (C=O) groups is 1. The molecule has 0 radical (unpaired) electrons. The predicted molar refractivity (Wildman–Crippen MR) is 108 cm³/mol. The number of phenolic OH excluding ortho intramolecular Hbond substituents is 1. The van der Waals surface area contributed by atoms with Gasteiger partial charge in [-0.2, -0.15) is 5.10 Å². The highest BCUT2D eigenvalue weighted by atomic mass is 16.5. The molecule has 28 heavy (non-hydrogen) atoms. The van der Waals surface area contributed by atoms with Gasteiger partial charge in [0.1, 0.15) is 17.6 Å². The number of nitrogens with zero attached hydrogens (tertiary/aromatic N) is 3. The van der Waals surface area contributed by atoms with Gasteiger partial charge in [-0.25, -0.2) is 14.8 Å². The average Bonchev–Trinajstić information content (AvgIpc) is 3.08. The van der Waals surface area contributed by atoms with Crippen molar-refractivity contribution in [3.05, 3.63) is 41.3 Å². The minimum atomic E-state index is -0.614. The smallest absolute Gasteiger partial charge is 0.359 e. The van der Waals surface area contributed by atoms with Crippen LogP contribution in [0.1, 0.15) is 42.1 Å². The summed E-state index contributed by atoms with van der Waals surface area (Å²) in [4.78, 5) is 20.9. The standard InChI is InChI=1S/C19H22N6O3/c1-3-28-19(27)17-16(20)18(23-15-10-11(2)24-25-15)22-14(21-17)9-6-12-4-7-13(26)8-5-12/h4-9,15,25-26H,3,10,20H2,1-2H3,(H,21,22,23)/b9-6+. The number of hydrazone groups is 1. The molecule has 9 nitrogen and oxygen atoms in total. The molecule has 0 amide bonds. The summed E-state index contributed by atoms with van der Waals surface area (Å²) in [6.45, 7) is 3.83. The number of benzene rings is 1. The van der Waals surface area contributed by atoms with Crippen molar-refractivity contribution in [3.63, 3.8) is 0 Å². The van der Waals surface area contributed by atoms with Crippen LogP contribution in [-0.2, 0) is 4.74 Å². The van der Waals surface area contributed by atoms with Crippen LogP contribution >= 0.6 is 0 Å². The van der Waals surface area contributed by atoms with Gasteiger partial charge in [0, 0.05) is 12.1 Å². The van der Waals surface area contributed by atoms with Gasteiger partial charge in [-0.1, -0.05) is 18.2 Å². The fourth-order valence-electron chi connectivity index (χ4n) is 2.61. The van der Waals surface area contributed by atoms with Crippen LogP contribution in [0.5, 0.6) is 5.75 Å². The Kier molecular flexibility index (Phi) is 5.73. The highest BCUT2D eigenvalue weighted by molar-refractivity contribution is 5.96. The molecule has 1 unspecified atom stereocenters. The van der Waals surface area contributed by atoms with Gasteiger partial charge in [0.25, 0.3) is 0 Å². The fourth-order valence-corrected chi connectivity index (χ4v) is 2.61. The first-order valence-electron chi connectivity index (χ1n) is 8.83. The van der Waals surface area contributed by atoms with Gasteiger partial charge in [-0.05, 0) is 37.6 Å². The Hall–Kier alpha value is -3.62. The number of nitrogen functional groups attached to an aromatic ring is 1. The first kappa shape index (κ1) is 19.2. The molecular formula is C19H22N6O3. The van der Waals surface area contributed by atoms with Gasteiger partial charge in [-0.15, -0.1) is 0 Å². The Morgan fingerprint density at radius 1 is 1.36 bits per heavy atom. The maximum Gasteiger partial charge on any atom is 0.359 e. The van der Waals surface area contributed by atoms with Crippen LogP contribution in [0.15, 0.2) is 29.4 Å². The minimum absolute atomic E-state index is 0.000318. The molecule has 5 N–H and O–H groups in total. The second-order valence-corrected chi connectivity index (χ2v) is 6.22. The fraction of sp³-hybridized carbons (Fsp3) is 0.263. The Morgan fingerprint density at radius 3 is 2.75 bits per heavy atom. The van der Waals surface area contributed by atoms with E-state index in [4.69, 9.17) is 10.5 Å². The summed E-state index contributed by atoms with van der Waals surface area (Å²) >= 11 is 0. The molecule has 3 rings (SSSR count). The van der Waals surface area contributed by atoms with Crippen LogP contribution in [0.4, 0.5) is 11.5 Å². The Morgan fingerprint density at radius 2 is 2.11 bits per heavy atom. The first-order valence-corrected chi connectivity index (χ1v) is 8.83. The van der Waals surface area contributed by atoms with Crippen molar-refractivity contribution in [2.45, 2.75) is 26.4 Å².